The smallest absolute Gasteiger partial charge is 0.233 e. The van der Waals surface area contributed by atoms with Crippen molar-refractivity contribution in [3.05, 3.63) is 6.33 Å². The fourth-order valence-corrected chi connectivity index (χ4v) is 3.37. The fourth-order valence-electron chi connectivity index (χ4n) is 2.42. The summed E-state index contributed by atoms with van der Waals surface area (Å²) in [5.41, 5.74) is -0.639. The lowest BCUT2D eigenvalue weighted by molar-refractivity contribution is -0.128. The molecule has 1 N–H and O–H groups in total. The molecule has 1 unspecified atom stereocenters. The lowest BCUT2D eigenvalue weighted by atomic mass is 9.98. The number of thioether (sulfide) groups is 1. The van der Waals surface area contributed by atoms with E-state index >= 15 is 0 Å². The van der Waals surface area contributed by atoms with Crippen LogP contribution in [0.2, 0.25) is 0 Å². The largest absolute Gasteiger partial charge is 0.390 e. The van der Waals surface area contributed by atoms with E-state index in [0.29, 0.717) is 18.7 Å². The van der Waals surface area contributed by atoms with E-state index in [2.05, 4.69) is 24.0 Å². The van der Waals surface area contributed by atoms with E-state index in [-0.39, 0.29) is 11.9 Å². The highest BCUT2D eigenvalue weighted by Crippen LogP contribution is 2.23. The van der Waals surface area contributed by atoms with Crippen molar-refractivity contribution < 1.29 is 9.90 Å². The van der Waals surface area contributed by atoms with Crippen molar-refractivity contribution in [2.75, 3.05) is 18.8 Å². The Labute approximate surface area is 129 Å². The van der Waals surface area contributed by atoms with Gasteiger partial charge in [0.05, 0.1) is 11.4 Å². The van der Waals surface area contributed by atoms with Crippen LogP contribution in [-0.2, 0) is 4.79 Å². The fraction of sp³-hybridized carbons (Fsp3) is 0.786. The lowest BCUT2D eigenvalue weighted by Crippen LogP contribution is -2.34. The van der Waals surface area contributed by atoms with E-state index in [1.54, 1.807) is 6.33 Å². The van der Waals surface area contributed by atoms with Gasteiger partial charge in [-0.05, 0) is 40.0 Å². The van der Waals surface area contributed by atoms with Crippen molar-refractivity contribution in [1.29, 1.82) is 0 Å². The Bertz CT molecular complexity index is 487. The molecular weight excluding hydrogens is 288 g/mol. The minimum atomic E-state index is -0.639. The number of carbonyl (C=O) groups is 1. The van der Waals surface area contributed by atoms with Crippen molar-refractivity contribution >= 4 is 17.7 Å². The second kappa shape index (κ2) is 6.79. The summed E-state index contributed by atoms with van der Waals surface area (Å²) in [5.74, 6) is 0.476. The van der Waals surface area contributed by atoms with E-state index in [9.17, 15) is 9.90 Å². The molecule has 0 bridgehead atoms. The Balaban J connectivity index is 1.88. The topological polar surface area (TPSA) is 71.2 Å². The van der Waals surface area contributed by atoms with Gasteiger partial charge in [-0.2, -0.15) is 0 Å². The molecule has 1 aliphatic heterocycles. The Hall–Kier alpha value is -1.08. The zero-order chi connectivity index (χ0) is 15.5. The van der Waals surface area contributed by atoms with Crippen LogP contribution in [0.15, 0.2) is 11.5 Å². The minimum Gasteiger partial charge on any atom is -0.390 e. The highest BCUT2D eigenvalue weighted by molar-refractivity contribution is 7.99. The first-order valence-corrected chi connectivity index (χ1v) is 8.40. The van der Waals surface area contributed by atoms with E-state index in [1.165, 1.54) is 11.8 Å². The van der Waals surface area contributed by atoms with Gasteiger partial charge in [0.2, 0.25) is 5.91 Å². The molecule has 1 amide bonds. The van der Waals surface area contributed by atoms with Gasteiger partial charge >= 0.3 is 0 Å². The highest BCUT2D eigenvalue weighted by Gasteiger charge is 2.27. The molecule has 0 spiro atoms. The number of aliphatic hydroxyl groups is 1. The zero-order valence-electron chi connectivity index (χ0n) is 12.9. The molecule has 7 heteroatoms. The summed E-state index contributed by atoms with van der Waals surface area (Å²) in [6.07, 6.45) is 3.95. The van der Waals surface area contributed by atoms with Crippen LogP contribution in [0.5, 0.6) is 0 Å². The second-order valence-corrected chi connectivity index (χ2v) is 7.08. The molecule has 2 heterocycles. The van der Waals surface area contributed by atoms with Crippen LogP contribution in [0.1, 0.15) is 46.1 Å². The first-order chi connectivity index (χ1) is 9.89. The SMILES string of the molecule is CC(C)n1cnnc1SCC(=O)N1CCCC(C)(O)CC1. The molecule has 2 rings (SSSR count). The Morgan fingerprint density at radius 1 is 1.48 bits per heavy atom. The standard InChI is InChI=1S/C14H24N4O2S/c1-11(2)18-10-15-16-13(18)21-9-12(19)17-7-4-5-14(3,20)6-8-17/h10-11,20H,4-9H2,1-3H3. The zero-order valence-corrected chi connectivity index (χ0v) is 13.8. The number of carbonyl (C=O) groups excluding carboxylic acids is 1. The van der Waals surface area contributed by atoms with Gasteiger partial charge in [-0.15, -0.1) is 10.2 Å². The molecule has 6 nitrogen and oxygen atoms in total. The van der Waals surface area contributed by atoms with Crippen LogP contribution in [0, 0.1) is 0 Å². The molecule has 0 aromatic carbocycles. The molecule has 118 valence electrons. The molecule has 1 saturated heterocycles. The van der Waals surface area contributed by atoms with Crippen LogP contribution in [0.25, 0.3) is 0 Å². The average molecular weight is 312 g/mol. The molecule has 1 aromatic rings. The number of hydrogen-bond donors (Lipinski definition) is 1. The predicted octanol–water partition coefficient (Wildman–Crippen LogP) is 1.71. The van der Waals surface area contributed by atoms with E-state index in [1.807, 2.05) is 16.4 Å². The van der Waals surface area contributed by atoms with Gasteiger partial charge in [0.15, 0.2) is 5.16 Å². The van der Waals surface area contributed by atoms with Gasteiger partial charge in [0.25, 0.3) is 0 Å². The lowest BCUT2D eigenvalue weighted by Gasteiger charge is -2.22. The monoisotopic (exact) mass is 312 g/mol. The summed E-state index contributed by atoms with van der Waals surface area (Å²) in [4.78, 5) is 14.2. The van der Waals surface area contributed by atoms with Gasteiger partial charge in [-0.1, -0.05) is 11.8 Å². The van der Waals surface area contributed by atoms with Crippen LogP contribution in [0.3, 0.4) is 0 Å². The normalized spacial score (nSPS) is 23.4. The van der Waals surface area contributed by atoms with Gasteiger partial charge in [0, 0.05) is 19.1 Å². The maximum absolute atomic E-state index is 12.3. The number of rotatable bonds is 4. The molecule has 0 saturated carbocycles. The Morgan fingerprint density at radius 3 is 2.95 bits per heavy atom. The summed E-state index contributed by atoms with van der Waals surface area (Å²) in [6.45, 7) is 7.33. The third-order valence-electron chi connectivity index (χ3n) is 3.84. The number of likely N-dealkylation sites (tertiary alicyclic amines) is 1. The van der Waals surface area contributed by atoms with E-state index in [0.717, 1.165) is 24.5 Å². The number of aromatic nitrogens is 3. The number of amides is 1. The molecular formula is C14H24N4O2S. The highest BCUT2D eigenvalue weighted by atomic mass is 32.2. The molecule has 1 fully saturated rings. The predicted molar refractivity (Wildman–Crippen MR) is 82.2 cm³/mol. The summed E-state index contributed by atoms with van der Waals surface area (Å²) < 4.78 is 1.96. The Kier molecular flexibility index (Phi) is 5.27. The van der Waals surface area contributed by atoms with Gasteiger partial charge < -0.3 is 14.6 Å². The van der Waals surface area contributed by atoms with Crippen molar-refractivity contribution in [1.82, 2.24) is 19.7 Å². The molecule has 0 radical (unpaired) electrons. The molecule has 0 aliphatic carbocycles. The number of nitrogens with zero attached hydrogens (tertiary/aromatic N) is 4. The van der Waals surface area contributed by atoms with Gasteiger partial charge in [-0.3, -0.25) is 4.79 Å². The summed E-state index contributed by atoms with van der Waals surface area (Å²) in [6, 6.07) is 0.283. The first-order valence-electron chi connectivity index (χ1n) is 7.41. The van der Waals surface area contributed by atoms with E-state index in [4.69, 9.17) is 0 Å². The quantitative estimate of drug-likeness (QED) is 0.857. The maximum Gasteiger partial charge on any atom is 0.233 e. The molecule has 1 aromatic heterocycles. The van der Waals surface area contributed by atoms with Crippen LogP contribution >= 0.6 is 11.8 Å². The Morgan fingerprint density at radius 2 is 2.24 bits per heavy atom. The summed E-state index contributed by atoms with van der Waals surface area (Å²) in [7, 11) is 0. The van der Waals surface area contributed by atoms with Crippen molar-refractivity contribution in [3.8, 4) is 0 Å². The van der Waals surface area contributed by atoms with Crippen molar-refractivity contribution in [3.63, 3.8) is 0 Å². The van der Waals surface area contributed by atoms with Crippen LogP contribution < -0.4 is 0 Å². The van der Waals surface area contributed by atoms with Crippen LogP contribution in [0.4, 0.5) is 0 Å². The third kappa shape index (κ3) is 4.44. The third-order valence-corrected chi connectivity index (χ3v) is 4.78. The molecule has 21 heavy (non-hydrogen) atoms. The number of hydrogen-bond acceptors (Lipinski definition) is 5. The second-order valence-electron chi connectivity index (χ2n) is 6.13. The van der Waals surface area contributed by atoms with Crippen molar-refractivity contribution in [2.45, 2.75) is 56.8 Å². The van der Waals surface area contributed by atoms with Gasteiger partial charge in [-0.25, -0.2) is 0 Å². The van der Waals surface area contributed by atoms with Gasteiger partial charge in [0.1, 0.15) is 6.33 Å². The average Bonchev–Trinajstić information content (AvgIpc) is 2.80. The summed E-state index contributed by atoms with van der Waals surface area (Å²) in [5, 5.41) is 18.8. The van der Waals surface area contributed by atoms with E-state index < -0.39 is 5.60 Å². The van der Waals surface area contributed by atoms with Crippen LogP contribution in [-0.4, -0.2) is 55.1 Å². The first kappa shape index (κ1) is 16.3. The molecule has 1 atom stereocenters. The van der Waals surface area contributed by atoms with Crippen molar-refractivity contribution in [2.24, 2.45) is 0 Å². The molecule has 1 aliphatic rings. The maximum atomic E-state index is 12.3. The summed E-state index contributed by atoms with van der Waals surface area (Å²) >= 11 is 1.43. The minimum absolute atomic E-state index is 0.107.